The SMILES string of the molecule is CCc1nc(N)cc(Oc2c(Br)cccc2[N+](=O)[O-])n1. The van der Waals surface area contributed by atoms with Crippen molar-refractivity contribution in [2.24, 2.45) is 0 Å². The summed E-state index contributed by atoms with van der Waals surface area (Å²) >= 11 is 3.22. The van der Waals surface area contributed by atoms with Crippen molar-refractivity contribution >= 4 is 27.4 Å². The third-order valence-corrected chi connectivity index (χ3v) is 3.06. The number of aromatic nitrogens is 2. The molecule has 0 fully saturated rings. The lowest BCUT2D eigenvalue weighted by Gasteiger charge is -2.08. The van der Waals surface area contributed by atoms with Crippen molar-refractivity contribution in [3.63, 3.8) is 0 Å². The van der Waals surface area contributed by atoms with Gasteiger partial charge < -0.3 is 10.5 Å². The minimum absolute atomic E-state index is 0.0812. The Labute approximate surface area is 123 Å². The molecule has 0 spiro atoms. The third kappa shape index (κ3) is 3.02. The van der Waals surface area contributed by atoms with Crippen molar-refractivity contribution in [3.8, 4) is 11.6 Å². The minimum atomic E-state index is -0.522. The van der Waals surface area contributed by atoms with Crippen LogP contribution in [0.3, 0.4) is 0 Å². The van der Waals surface area contributed by atoms with Gasteiger partial charge in [-0.15, -0.1) is 0 Å². The van der Waals surface area contributed by atoms with Crippen molar-refractivity contribution in [3.05, 3.63) is 44.7 Å². The number of nitrogens with zero attached hydrogens (tertiary/aromatic N) is 3. The van der Waals surface area contributed by atoms with Crippen molar-refractivity contribution in [2.75, 3.05) is 5.73 Å². The average Bonchev–Trinajstić information content (AvgIpc) is 2.40. The number of hydrogen-bond donors (Lipinski definition) is 1. The molecule has 0 bridgehead atoms. The maximum Gasteiger partial charge on any atom is 0.312 e. The predicted octanol–water partition coefficient (Wildman–Crippen LogP) is 3.08. The molecule has 0 atom stereocenters. The van der Waals surface area contributed by atoms with Crippen LogP contribution < -0.4 is 10.5 Å². The number of nitro groups is 1. The maximum atomic E-state index is 11.0. The second-order valence-corrected chi connectivity index (χ2v) is 4.70. The number of nitro benzene ring substituents is 1. The van der Waals surface area contributed by atoms with Gasteiger partial charge in [0, 0.05) is 18.6 Å². The summed E-state index contributed by atoms with van der Waals surface area (Å²) in [5.74, 6) is 1.01. The Morgan fingerprint density at radius 1 is 1.45 bits per heavy atom. The van der Waals surface area contributed by atoms with Gasteiger partial charge in [-0.25, -0.2) is 4.98 Å². The van der Waals surface area contributed by atoms with Crippen LogP contribution in [-0.4, -0.2) is 14.9 Å². The van der Waals surface area contributed by atoms with E-state index in [-0.39, 0.29) is 23.1 Å². The molecular formula is C12H11BrN4O3. The van der Waals surface area contributed by atoms with Gasteiger partial charge in [0.25, 0.3) is 0 Å². The monoisotopic (exact) mass is 338 g/mol. The summed E-state index contributed by atoms with van der Waals surface area (Å²) in [6.07, 6.45) is 0.583. The van der Waals surface area contributed by atoms with Crippen LogP contribution in [0.15, 0.2) is 28.7 Å². The summed E-state index contributed by atoms with van der Waals surface area (Å²) in [6, 6.07) is 5.97. The van der Waals surface area contributed by atoms with Crippen molar-refractivity contribution in [2.45, 2.75) is 13.3 Å². The fourth-order valence-corrected chi connectivity index (χ4v) is 1.99. The summed E-state index contributed by atoms with van der Waals surface area (Å²) in [7, 11) is 0. The Morgan fingerprint density at radius 2 is 2.20 bits per heavy atom. The van der Waals surface area contributed by atoms with Gasteiger partial charge >= 0.3 is 5.69 Å². The standard InChI is InChI=1S/C12H11BrN4O3/c1-2-10-15-9(14)6-11(16-10)20-12-7(13)4-3-5-8(12)17(18)19/h3-6H,2H2,1H3,(H2,14,15,16). The molecular weight excluding hydrogens is 328 g/mol. The van der Waals surface area contributed by atoms with Crippen LogP contribution in [0.4, 0.5) is 11.5 Å². The zero-order chi connectivity index (χ0) is 14.7. The molecule has 0 saturated carbocycles. The van der Waals surface area contributed by atoms with Crippen LogP contribution in [0.2, 0.25) is 0 Å². The highest BCUT2D eigenvalue weighted by atomic mass is 79.9. The molecule has 2 N–H and O–H groups in total. The molecule has 0 aliphatic carbocycles. The number of hydrogen-bond acceptors (Lipinski definition) is 6. The molecule has 0 amide bonds. The summed E-state index contributed by atoms with van der Waals surface area (Å²) in [4.78, 5) is 18.6. The van der Waals surface area contributed by atoms with Gasteiger partial charge in [0.1, 0.15) is 11.6 Å². The normalized spacial score (nSPS) is 10.3. The van der Waals surface area contributed by atoms with Crippen LogP contribution in [-0.2, 0) is 6.42 Å². The van der Waals surface area contributed by atoms with E-state index in [1.54, 1.807) is 12.1 Å². The number of ether oxygens (including phenoxy) is 1. The maximum absolute atomic E-state index is 11.0. The Hall–Kier alpha value is -2.22. The number of benzene rings is 1. The van der Waals surface area contributed by atoms with E-state index in [0.29, 0.717) is 16.7 Å². The average molecular weight is 339 g/mol. The molecule has 0 saturated heterocycles. The highest BCUT2D eigenvalue weighted by Gasteiger charge is 2.19. The first-order chi connectivity index (χ1) is 9.51. The zero-order valence-electron chi connectivity index (χ0n) is 10.5. The van der Waals surface area contributed by atoms with Crippen LogP contribution >= 0.6 is 15.9 Å². The second kappa shape index (κ2) is 5.83. The molecule has 2 aromatic rings. The summed E-state index contributed by atoms with van der Waals surface area (Å²) < 4.78 is 5.97. The highest BCUT2D eigenvalue weighted by molar-refractivity contribution is 9.10. The van der Waals surface area contributed by atoms with Gasteiger partial charge in [-0.05, 0) is 22.0 Å². The first kappa shape index (κ1) is 14.2. The molecule has 0 aliphatic rings. The molecule has 7 nitrogen and oxygen atoms in total. The highest BCUT2D eigenvalue weighted by Crippen LogP contribution is 2.37. The Kier molecular flexibility index (Phi) is 4.14. The van der Waals surface area contributed by atoms with E-state index >= 15 is 0 Å². The van der Waals surface area contributed by atoms with E-state index in [9.17, 15) is 10.1 Å². The predicted molar refractivity (Wildman–Crippen MR) is 76.7 cm³/mol. The van der Waals surface area contributed by atoms with Crippen molar-refractivity contribution in [1.29, 1.82) is 0 Å². The van der Waals surface area contributed by atoms with E-state index in [2.05, 4.69) is 25.9 Å². The van der Waals surface area contributed by atoms with Crippen LogP contribution in [0.25, 0.3) is 0 Å². The van der Waals surface area contributed by atoms with Gasteiger partial charge in [0.2, 0.25) is 11.6 Å². The van der Waals surface area contributed by atoms with Gasteiger partial charge in [0.15, 0.2) is 0 Å². The first-order valence-electron chi connectivity index (χ1n) is 5.75. The lowest BCUT2D eigenvalue weighted by molar-refractivity contribution is -0.385. The Morgan fingerprint density at radius 3 is 2.85 bits per heavy atom. The van der Waals surface area contributed by atoms with E-state index in [1.165, 1.54) is 12.1 Å². The van der Waals surface area contributed by atoms with E-state index < -0.39 is 4.92 Å². The number of halogens is 1. The molecule has 20 heavy (non-hydrogen) atoms. The van der Waals surface area contributed by atoms with Crippen molar-refractivity contribution < 1.29 is 9.66 Å². The minimum Gasteiger partial charge on any atom is -0.430 e. The molecule has 0 unspecified atom stereocenters. The van der Waals surface area contributed by atoms with Gasteiger partial charge in [0.05, 0.1) is 9.40 Å². The van der Waals surface area contributed by atoms with E-state index in [1.807, 2.05) is 6.92 Å². The molecule has 2 rings (SSSR count). The Balaban J connectivity index is 2.44. The number of nitrogens with two attached hydrogens (primary N) is 1. The van der Waals surface area contributed by atoms with Crippen molar-refractivity contribution in [1.82, 2.24) is 9.97 Å². The van der Waals surface area contributed by atoms with E-state index in [4.69, 9.17) is 10.5 Å². The number of anilines is 1. The molecule has 1 aromatic heterocycles. The Bertz CT molecular complexity index is 663. The lowest BCUT2D eigenvalue weighted by atomic mass is 10.3. The molecule has 104 valence electrons. The smallest absolute Gasteiger partial charge is 0.312 e. The molecule has 0 aliphatic heterocycles. The second-order valence-electron chi connectivity index (χ2n) is 3.85. The first-order valence-corrected chi connectivity index (χ1v) is 6.54. The topological polar surface area (TPSA) is 104 Å². The summed E-state index contributed by atoms with van der Waals surface area (Å²) in [6.45, 7) is 1.87. The summed E-state index contributed by atoms with van der Waals surface area (Å²) in [5.41, 5.74) is 5.49. The van der Waals surface area contributed by atoms with Gasteiger partial charge in [-0.3, -0.25) is 10.1 Å². The molecule has 8 heteroatoms. The number of nitrogen functional groups attached to an aromatic ring is 1. The number of para-hydroxylation sites is 1. The molecule has 1 heterocycles. The van der Waals surface area contributed by atoms with Gasteiger partial charge in [-0.2, -0.15) is 4.98 Å². The molecule has 1 aromatic carbocycles. The van der Waals surface area contributed by atoms with Crippen LogP contribution in [0.5, 0.6) is 11.6 Å². The third-order valence-electron chi connectivity index (χ3n) is 2.43. The van der Waals surface area contributed by atoms with E-state index in [0.717, 1.165) is 0 Å². The quantitative estimate of drug-likeness (QED) is 0.678. The zero-order valence-corrected chi connectivity index (χ0v) is 12.1. The van der Waals surface area contributed by atoms with Crippen LogP contribution in [0.1, 0.15) is 12.7 Å². The fourth-order valence-electron chi connectivity index (χ4n) is 1.55. The van der Waals surface area contributed by atoms with Crippen LogP contribution in [0, 0.1) is 10.1 Å². The van der Waals surface area contributed by atoms with Gasteiger partial charge in [-0.1, -0.05) is 13.0 Å². The fraction of sp³-hybridized carbons (Fsp3) is 0.167. The lowest BCUT2D eigenvalue weighted by Crippen LogP contribution is -2.01. The molecule has 0 radical (unpaired) electrons. The number of aryl methyl sites for hydroxylation is 1. The summed E-state index contributed by atoms with van der Waals surface area (Å²) in [5, 5.41) is 11.0. The number of rotatable bonds is 4. The largest absolute Gasteiger partial charge is 0.430 e.